The van der Waals surface area contributed by atoms with E-state index in [1.54, 1.807) is 5.51 Å². The van der Waals surface area contributed by atoms with Crippen LogP contribution in [0.5, 0.6) is 0 Å². The molecule has 1 aliphatic rings. The first-order valence-electron chi connectivity index (χ1n) is 10.9. The summed E-state index contributed by atoms with van der Waals surface area (Å²) in [5.74, 6) is 0. The number of carbonyl (C=O) groups is 2. The van der Waals surface area contributed by atoms with Crippen LogP contribution in [0.25, 0.3) is 22.4 Å². The van der Waals surface area contributed by atoms with Crippen LogP contribution in [-0.2, 0) is 26.5 Å². The maximum Gasteiger partial charge on any atom is 0.412 e. The lowest BCUT2D eigenvalue weighted by atomic mass is 9.99. The number of nitrogens with zero attached hydrogens (tertiary/aromatic N) is 1. The fourth-order valence-electron chi connectivity index (χ4n) is 3.86. The molecule has 4 aromatic rings. The first-order chi connectivity index (χ1) is 16.7. The van der Waals surface area contributed by atoms with Gasteiger partial charge in [0, 0.05) is 5.56 Å². The molecule has 3 aromatic carbocycles. The monoisotopic (exact) mass is 470 g/mol. The Morgan fingerprint density at radius 2 is 1.59 bits per heavy atom. The predicted molar refractivity (Wildman–Crippen MR) is 131 cm³/mol. The summed E-state index contributed by atoms with van der Waals surface area (Å²) in [6.45, 7) is 0.737. The second-order valence-corrected chi connectivity index (χ2v) is 8.93. The molecule has 0 bridgehead atoms. The lowest BCUT2D eigenvalue weighted by Gasteiger charge is -2.14. The molecule has 1 heterocycles. The number of hydrogen-bond acceptors (Lipinski definition) is 6. The molecule has 6 nitrogen and oxygen atoms in total. The number of rotatable bonds is 8. The van der Waals surface area contributed by atoms with Crippen LogP contribution in [0.1, 0.15) is 24.0 Å². The number of hydrogen-bond donors (Lipinski definition) is 1. The van der Waals surface area contributed by atoms with Gasteiger partial charge in [-0.2, -0.15) is 0 Å². The van der Waals surface area contributed by atoms with Crippen LogP contribution in [-0.4, -0.2) is 17.5 Å². The van der Waals surface area contributed by atoms with Gasteiger partial charge in [0.05, 0.1) is 5.51 Å². The molecule has 1 aromatic heterocycles. The summed E-state index contributed by atoms with van der Waals surface area (Å²) in [5.41, 5.74) is 6.94. The van der Waals surface area contributed by atoms with Crippen LogP contribution in [0.4, 0.5) is 9.80 Å². The van der Waals surface area contributed by atoms with Gasteiger partial charge in [-0.25, -0.2) is 9.78 Å². The van der Waals surface area contributed by atoms with Crippen LogP contribution in [0.15, 0.2) is 84.4 Å². The van der Waals surface area contributed by atoms with Crippen molar-refractivity contribution < 1.29 is 19.1 Å². The molecular formula is C27H22N2O4S. The van der Waals surface area contributed by atoms with Gasteiger partial charge in [-0.15, -0.1) is 11.3 Å². The van der Waals surface area contributed by atoms with Crippen LogP contribution in [0, 0.1) is 0 Å². The van der Waals surface area contributed by atoms with E-state index < -0.39 is 11.7 Å². The molecule has 5 rings (SSSR count). The Hall–Kier alpha value is -3.97. The zero-order valence-electron chi connectivity index (χ0n) is 18.3. The first-order valence-corrected chi connectivity index (χ1v) is 11.8. The minimum Gasteiger partial charge on any atom is -0.456 e. The van der Waals surface area contributed by atoms with Crippen molar-refractivity contribution in [3.8, 4) is 22.4 Å². The molecule has 1 aliphatic carbocycles. The number of ether oxygens (including phenoxy) is 2. The lowest BCUT2D eigenvalue weighted by molar-refractivity contribution is -0.136. The van der Waals surface area contributed by atoms with Crippen LogP contribution in [0.3, 0.4) is 0 Å². The van der Waals surface area contributed by atoms with Gasteiger partial charge < -0.3 is 9.47 Å². The van der Waals surface area contributed by atoms with E-state index in [1.807, 2.05) is 78.9 Å². The summed E-state index contributed by atoms with van der Waals surface area (Å²) in [6, 6.07) is 25.7. The Bertz CT molecular complexity index is 1280. The van der Waals surface area contributed by atoms with Gasteiger partial charge in [0.25, 0.3) is 6.47 Å². The number of anilines is 1. The van der Waals surface area contributed by atoms with E-state index in [9.17, 15) is 9.59 Å². The quantitative estimate of drug-likeness (QED) is 0.302. The molecule has 0 aliphatic heterocycles. The first kappa shape index (κ1) is 21.9. The topological polar surface area (TPSA) is 77.5 Å². The Kier molecular flexibility index (Phi) is 6.10. The molecular weight excluding hydrogens is 448 g/mol. The molecule has 1 saturated carbocycles. The fraction of sp³-hybridized carbons (Fsp3) is 0.148. The summed E-state index contributed by atoms with van der Waals surface area (Å²) in [4.78, 5) is 27.5. The van der Waals surface area contributed by atoms with Gasteiger partial charge in [-0.1, -0.05) is 78.9 Å². The van der Waals surface area contributed by atoms with E-state index >= 15 is 0 Å². The average molecular weight is 471 g/mol. The normalized spacial score (nSPS) is 13.6. The van der Waals surface area contributed by atoms with Crippen molar-refractivity contribution in [1.82, 2.24) is 4.98 Å². The molecule has 1 N–H and O–H groups in total. The van der Waals surface area contributed by atoms with Crippen molar-refractivity contribution in [1.29, 1.82) is 0 Å². The zero-order chi connectivity index (χ0) is 23.4. The van der Waals surface area contributed by atoms with Crippen LogP contribution >= 0.6 is 11.3 Å². The molecule has 170 valence electrons. The third-order valence-electron chi connectivity index (χ3n) is 5.88. The Balaban J connectivity index is 1.25. The molecule has 0 spiro atoms. The molecule has 7 heteroatoms. The standard InChI is InChI=1S/C27H22N2O4S/c30-18-33-27(14-15-27)23-12-10-21(11-13-23)20-6-8-22(9-7-20)24-25(34-17-28-24)29-26(31)32-16-19-4-2-1-3-5-19/h1-13,17-18H,14-16H2,(H,29,31). The smallest absolute Gasteiger partial charge is 0.412 e. The van der Waals surface area contributed by atoms with Gasteiger partial charge >= 0.3 is 6.09 Å². The predicted octanol–water partition coefficient (Wildman–Crippen LogP) is 6.39. The van der Waals surface area contributed by atoms with Crippen LogP contribution in [0.2, 0.25) is 0 Å². The second-order valence-electron chi connectivity index (χ2n) is 8.08. The fourth-order valence-corrected chi connectivity index (χ4v) is 4.55. The van der Waals surface area contributed by atoms with Crippen molar-refractivity contribution in [2.24, 2.45) is 0 Å². The van der Waals surface area contributed by atoms with Gasteiger partial charge in [0.1, 0.15) is 22.9 Å². The van der Waals surface area contributed by atoms with E-state index in [4.69, 9.17) is 9.47 Å². The SMILES string of the molecule is O=COC1(c2ccc(-c3ccc(-c4ncsc4NC(=O)OCc4ccccc4)cc3)cc2)CC1. The highest BCUT2D eigenvalue weighted by Crippen LogP contribution is 2.49. The molecule has 0 atom stereocenters. The van der Waals surface area contributed by atoms with E-state index in [1.165, 1.54) is 11.3 Å². The minimum absolute atomic E-state index is 0.205. The Morgan fingerprint density at radius 1 is 0.941 bits per heavy atom. The highest BCUT2D eigenvalue weighted by atomic mass is 32.1. The molecule has 0 radical (unpaired) electrons. The van der Waals surface area contributed by atoms with Gasteiger partial charge in [-0.3, -0.25) is 10.1 Å². The lowest BCUT2D eigenvalue weighted by Crippen LogP contribution is -2.13. The highest BCUT2D eigenvalue weighted by molar-refractivity contribution is 7.14. The second kappa shape index (κ2) is 9.49. The molecule has 0 saturated heterocycles. The molecule has 34 heavy (non-hydrogen) atoms. The van der Waals surface area contributed by atoms with Crippen molar-refractivity contribution >= 4 is 28.9 Å². The maximum absolute atomic E-state index is 12.3. The molecule has 1 fully saturated rings. The number of amides is 1. The summed E-state index contributed by atoms with van der Waals surface area (Å²) in [5, 5.41) is 3.44. The van der Waals surface area contributed by atoms with E-state index in [-0.39, 0.29) is 6.61 Å². The number of nitrogens with one attached hydrogen (secondary N) is 1. The van der Waals surface area contributed by atoms with E-state index in [0.717, 1.165) is 40.7 Å². The summed E-state index contributed by atoms with van der Waals surface area (Å²) >= 11 is 1.35. The maximum atomic E-state index is 12.3. The molecule has 0 unspecified atom stereocenters. The average Bonchev–Trinajstić information content (AvgIpc) is 3.53. The summed E-state index contributed by atoms with van der Waals surface area (Å²) in [7, 11) is 0. The summed E-state index contributed by atoms with van der Waals surface area (Å²) in [6.07, 6.45) is 1.21. The Labute approximate surface area is 201 Å². The third-order valence-corrected chi connectivity index (χ3v) is 6.62. The van der Waals surface area contributed by atoms with E-state index in [2.05, 4.69) is 10.3 Å². The van der Waals surface area contributed by atoms with Crippen molar-refractivity contribution in [2.75, 3.05) is 5.32 Å². The zero-order valence-corrected chi connectivity index (χ0v) is 19.1. The molecule has 1 amide bonds. The third kappa shape index (κ3) is 4.70. The van der Waals surface area contributed by atoms with Crippen molar-refractivity contribution in [3.05, 3.63) is 95.5 Å². The van der Waals surface area contributed by atoms with Crippen LogP contribution < -0.4 is 5.32 Å². The summed E-state index contributed by atoms with van der Waals surface area (Å²) < 4.78 is 10.6. The van der Waals surface area contributed by atoms with Crippen molar-refractivity contribution in [2.45, 2.75) is 25.0 Å². The highest BCUT2D eigenvalue weighted by Gasteiger charge is 2.46. The van der Waals surface area contributed by atoms with Gasteiger partial charge in [-0.05, 0) is 35.1 Å². The largest absolute Gasteiger partial charge is 0.456 e. The number of aromatic nitrogens is 1. The van der Waals surface area contributed by atoms with Crippen molar-refractivity contribution in [3.63, 3.8) is 0 Å². The minimum atomic E-state index is -0.516. The van der Waals surface area contributed by atoms with Gasteiger partial charge in [0.2, 0.25) is 0 Å². The Morgan fingerprint density at radius 3 is 2.24 bits per heavy atom. The number of carbonyl (C=O) groups excluding carboxylic acids is 2. The number of benzene rings is 3. The number of thiazole rings is 1. The van der Waals surface area contributed by atoms with E-state index in [0.29, 0.717) is 17.2 Å². The van der Waals surface area contributed by atoms with Gasteiger partial charge in [0.15, 0.2) is 0 Å².